The number of likely N-dealkylation sites (tertiary alicyclic amines) is 1. The second kappa shape index (κ2) is 3.94. The average molecular weight is 181 g/mol. The van der Waals surface area contributed by atoms with Gasteiger partial charge in [0.2, 0.25) is 0 Å². The fraction of sp³-hybridized carbons (Fsp3) is 0.600. The molecule has 1 aliphatic heterocycles. The first kappa shape index (κ1) is 8.78. The van der Waals surface area contributed by atoms with Crippen LogP contribution in [0.4, 0.5) is 0 Å². The Labute approximate surface area is 78.0 Å². The molecule has 1 fully saturated rings. The third kappa shape index (κ3) is 2.11. The Morgan fingerprint density at radius 2 is 2.54 bits per heavy atom. The lowest BCUT2D eigenvalue weighted by Crippen LogP contribution is -2.20. The molecule has 1 atom stereocenters. The summed E-state index contributed by atoms with van der Waals surface area (Å²) in [5, 5.41) is 8.96. The zero-order valence-electron chi connectivity index (χ0n) is 7.65. The highest BCUT2D eigenvalue weighted by Crippen LogP contribution is 2.17. The summed E-state index contributed by atoms with van der Waals surface area (Å²) in [6.07, 6.45) is 4.61. The maximum Gasteiger partial charge on any atom is 0.0947 e. The van der Waals surface area contributed by atoms with Crippen LogP contribution in [-0.2, 0) is 6.54 Å². The highest BCUT2D eigenvalue weighted by atomic mass is 16.3. The highest BCUT2D eigenvalue weighted by Gasteiger charge is 2.21. The molecule has 1 aromatic heterocycles. The lowest BCUT2D eigenvalue weighted by atomic mass is 10.1. The molecule has 72 valence electrons. The molecule has 13 heavy (non-hydrogen) atoms. The molecule has 0 saturated carbocycles. The summed E-state index contributed by atoms with van der Waals surface area (Å²) in [7, 11) is 0. The van der Waals surface area contributed by atoms with E-state index in [4.69, 9.17) is 9.52 Å². The van der Waals surface area contributed by atoms with E-state index in [0.29, 0.717) is 12.5 Å². The predicted octanol–water partition coefficient (Wildman–Crippen LogP) is 1.09. The van der Waals surface area contributed by atoms with Crippen molar-refractivity contribution >= 4 is 0 Å². The molecule has 0 radical (unpaired) electrons. The lowest BCUT2D eigenvalue weighted by molar-refractivity contribution is 0.220. The fourth-order valence-electron chi connectivity index (χ4n) is 1.85. The highest BCUT2D eigenvalue weighted by molar-refractivity contribution is 5.05. The van der Waals surface area contributed by atoms with E-state index in [-0.39, 0.29) is 0 Å². The number of furan rings is 1. The van der Waals surface area contributed by atoms with Crippen molar-refractivity contribution in [1.82, 2.24) is 4.90 Å². The van der Waals surface area contributed by atoms with Crippen molar-refractivity contribution in [2.75, 3.05) is 19.7 Å². The molecule has 1 unspecified atom stereocenters. The van der Waals surface area contributed by atoms with Crippen LogP contribution >= 0.6 is 0 Å². The third-order valence-corrected chi connectivity index (χ3v) is 2.61. The van der Waals surface area contributed by atoms with Gasteiger partial charge in [0.25, 0.3) is 0 Å². The third-order valence-electron chi connectivity index (χ3n) is 2.61. The van der Waals surface area contributed by atoms with E-state index in [0.717, 1.165) is 26.1 Å². The van der Waals surface area contributed by atoms with Gasteiger partial charge in [0.15, 0.2) is 0 Å². The molecule has 3 nitrogen and oxygen atoms in total. The van der Waals surface area contributed by atoms with E-state index in [1.54, 1.807) is 12.5 Å². The number of aliphatic hydroxyl groups excluding tert-OH is 1. The first-order valence-electron chi connectivity index (χ1n) is 4.73. The Balaban J connectivity index is 1.84. The summed E-state index contributed by atoms with van der Waals surface area (Å²) in [6.45, 7) is 3.38. The summed E-state index contributed by atoms with van der Waals surface area (Å²) < 4.78 is 5.00. The van der Waals surface area contributed by atoms with Gasteiger partial charge in [0.1, 0.15) is 0 Å². The number of aliphatic hydroxyl groups is 1. The van der Waals surface area contributed by atoms with Crippen LogP contribution in [0.2, 0.25) is 0 Å². The van der Waals surface area contributed by atoms with E-state index in [9.17, 15) is 0 Å². The molecule has 0 bridgehead atoms. The molecule has 1 saturated heterocycles. The van der Waals surface area contributed by atoms with Crippen LogP contribution in [0.15, 0.2) is 23.0 Å². The molecule has 0 spiro atoms. The van der Waals surface area contributed by atoms with Gasteiger partial charge in [0.05, 0.1) is 12.5 Å². The van der Waals surface area contributed by atoms with Crippen LogP contribution in [0.1, 0.15) is 12.0 Å². The van der Waals surface area contributed by atoms with Crippen molar-refractivity contribution in [3.05, 3.63) is 24.2 Å². The zero-order valence-corrected chi connectivity index (χ0v) is 7.65. The SMILES string of the molecule is OCC1CCN(Cc2ccoc2)C1. The van der Waals surface area contributed by atoms with Crippen molar-refractivity contribution in [3.63, 3.8) is 0 Å². The second-order valence-corrected chi connectivity index (χ2v) is 3.70. The molecule has 0 aliphatic carbocycles. The minimum Gasteiger partial charge on any atom is -0.472 e. The standard InChI is InChI=1S/C10H15NO2/c12-7-9-1-3-11(5-9)6-10-2-4-13-8-10/h2,4,8-9,12H,1,3,5-7H2. The van der Waals surface area contributed by atoms with E-state index in [1.807, 2.05) is 6.07 Å². The summed E-state index contributed by atoms with van der Waals surface area (Å²) in [6, 6.07) is 1.99. The Morgan fingerprint density at radius 1 is 1.62 bits per heavy atom. The molecule has 2 heterocycles. The van der Waals surface area contributed by atoms with Gasteiger partial charge < -0.3 is 9.52 Å². The zero-order chi connectivity index (χ0) is 9.10. The minimum atomic E-state index is 0.321. The summed E-state index contributed by atoms with van der Waals surface area (Å²) in [4.78, 5) is 2.35. The maximum atomic E-state index is 8.96. The van der Waals surface area contributed by atoms with E-state index < -0.39 is 0 Å². The van der Waals surface area contributed by atoms with Crippen molar-refractivity contribution in [1.29, 1.82) is 0 Å². The fourth-order valence-corrected chi connectivity index (χ4v) is 1.85. The Hall–Kier alpha value is -0.800. The van der Waals surface area contributed by atoms with Gasteiger partial charge in [-0.25, -0.2) is 0 Å². The van der Waals surface area contributed by atoms with Gasteiger partial charge in [-0.15, -0.1) is 0 Å². The van der Waals surface area contributed by atoms with Gasteiger partial charge in [-0.05, 0) is 24.9 Å². The Bertz CT molecular complexity index is 245. The number of hydrogen-bond acceptors (Lipinski definition) is 3. The van der Waals surface area contributed by atoms with Crippen LogP contribution in [0, 0.1) is 5.92 Å². The predicted molar refractivity (Wildman–Crippen MR) is 49.2 cm³/mol. The van der Waals surface area contributed by atoms with Gasteiger partial charge in [-0.2, -0.15) is 0 Å². The smallest absolute Gasteiger partial charge is 0.0947 e. The number of hydrogen-bond donors (Lipinski definition) is 1. The van der Waals surface area contributed by atoms with Crippen molar-refractivity contribution in [2.24, 2.45) is 5.92 Å². The van der Waals surface area contributed by atoms with Gasteiger partial charge in [-0.1, -0.05) is 0 Å². The Kier molecular flexibility index (Phi) is 2.66. The van der Waals surface area contributed by atoms with Crippen LogP contribution in [0.3, 0.4) is 0 Å². The molecule has 3 heteroatoms. The van der Waals surface area contributed by atoms with Crippen molar-refractivity contribution in [3.8, 4) is 0 Å². The minimum absolute atomic E-state index is 0.321. The van der Waals surface area contributed by atoms with Crippen LogP contribution in [-0.4, -0.2) is 29.7 Å². The number of nitrogens with zero attached hydrogens (tertiary/aromatic N) is 1. The van der Waals surface area contributed by atoms with Crippen molar-refractivity contribution < 1.29 is 9.52 Å². The normalized spacial score (nSPS) is 23.9. The molecule has 2 rings (SSSR count). The summed E-state index contributed by atoms with van der Waals surface area (Å²) in [5.41, 5.74) is 1.22. The topological polar surface area (TPSA) is 36.6 Å². The average Bonchev–Trinajstić information content (AvgIpc) is 2.76. The molecule has 0 amide bonds. The van der Waals surface area contributed by atoms with E-state index in [2.05, 4.69) is 4.90 Å². The lowest BCUT2D eigenvalue weighted by Gasteiger charge is -2.13. The Morgan fingerprint density at radius 3 is 3.15 bits per heavy atom. The van der Waals surface area contributed by atoms with Crippen LogP contribution in [0.5, 0.6) is 0 Å². The van der Waals surface area contributed by atoms with Crippen LogP contribution in [0.25, 0.3) is 0 Å². The van der Waals surface area contributed by atoms with Crippen LogP contribution < -0.4 is 0 Å². The number of rotatable bonds is 3. The summed E-state index contributed by atoms with van der Waals surface area (Å²) >= 11 is 0. The molecule has 1 aliphatic rings. The van der Waals surface area contributed by atoms with Gasteiger partial charge in [0, 0.05) is 25.3 Å². The first-order chi connectivity index (χ1) is 6.38. The molecular weight excluding hydrogens is 166 g/mol. The van der Waals surface area contributed by atoms with Gasteiger partial charge >= 0.3 is 0 Å². The van der Waals surface area contributed by atoms with Gasteiger partial charge in [-0.3, -0.25) is 4.90 Å². The molecule has 1 N–H and O–H groups in total. The molecule has 1 aromatic rings. The maximum absolute atomic E-state index is 8.96. The van der Waals surface area contributed by atoms with Crippen molar-refractivity contribution in [2.45, 2.75) is 13.0 Å². The first-order valence-corrected chi connectivity index (χ1v) is 4.73. The molecular formula is C10H15NO2. The monoisotopic (exact) mass is 181 g/mol. The quantitative estimate of drug-likeness (QED) is 0.758. The van der Waals surface area contributed by atoms with E-state index in [1.165, 1.54) is 5.56 Å². The summed E-state index contributed by atoms with van der Waals surface area (Å²) in [5.74, 6) is 0.479. The molecule has 0 aromatic carbocycles. The van der Waals surface area contributed by atoms with E-state index >= 15 is 0 Å². The second-order valence-electron chi connectivity index (χ2n) is 3.70. The largest absolute Gasteiger partial charge is 0.472 e.